The predicted octanol–water partition coefficient (Wildman–Crippen LogP) is 7.27. The molecule has 4 saturated heterocycles. The first kappa shape index (κ1) is 33.0. The van der Waals surface area contributed by atoms with Crippen LogP contribution in [0.3, 0.4) is 0 Å². The molecule has 8 rings (SSSR count). The van der Waals surface area contributed by atoms with Crippen LogP contribution in [0.4, 0.5) is 20.3 Å². The Morgan fingerprint density at radius 2 is 1.80 bits per heavy atom. The number of hydrogen-bond acceptors (Lipinski definition) is 7. The van der Waals surface area contributed by atoms with Crippen LogP contribution in [0.2, 0.25) is 0 Å². The maximum Gasteiger partial charge on any atom is 0.159 e. The first-order valence-corrected chi connectivity index (χ1v) is 18.3. The minimum absolute atomic E-state index is 0.0858. The van der Waals surface area contributed by atoms with E-state index in [1.807, 2.05) is 19.1 Å². The number of aliphatic imine (C=N–C) groups is 1. The Labute approximate surface area is 294 Å². The molecule has 50 heavy (non-hydrogen) atoms. The molecule has 4 aliphatic rings. The van der Waals surface area contributed by atoms with Gasteiger partial charge in [-0.1, -0.05) is 24.1 Å². The molecule has 4 aromatic rings. The van der Waals surface area contributed by atoms with Crippen molar-refractivity contribution in [1.29, 1.82) is 0 Å². The smallest absolute Gasteiger partial charge is 0.159 e. The van der Waals surface area contributed by atoms with Crippen molar-refractivity contribution in [2.45, 2.75) is 95.8 Å². The standard InChI is InChI=1S/C41H47F2N7/c1-6-29-32(42)12-9-26-19-25(4)20-30(34(26)29)35-37(43)39-36(31(21-45-5)38(35)44)40(50-27-10-11-28(50)23-48(22-27)24(2)3)47-33(46-39)13-16-41-14-7-17-49(41)18-8-15-41/h1,9,12,19-21,24,27-28H,7-8,10-11,13-18,22-23,44H2,2-5H3. The van der Waals surface area contributed by atoms with Gasteiger partial charge in [-0.3, -0.25) is 14.8 Å². The molecule has 0 aliphatic carbocycles. The van der Waals surface area contributed by atoms with Crippen molar-refractivity contribution in [2.24, 2.45) is 4.99 Å². The number of nitrogens with two attached hydrogens (primary N) is 1. The van der Waals surface area contributed by atoms with Gasteiger partial charge in [-0.2, -0.15) is 0 Å². The van der Waals surface area contributed by atoms with Gasteiger partial charge in [0.2, 0.25) is 0 Å². The Morgan fingerprint density at radius 1 is 1.08 bits per heavy atom. The Kier molecular flexibility index (Phi) is 8.31. The number of nitrogens with zero attached hydrogens (tertiary/aromatic N) is 6. The Morgan fingerprint density at radius 3 is 2.46 bits per heavy atom. The van der Waals surface area contributed by atoms with Gasteiger partial charge in [-0.05, 0) is 101 Å². The van der Waals surface area contributed by atoms with E-state index in [1.54, 1.807) is 19.3 Å². The molecule has 4 fully saturated rings. The van der Waals surface area contributed by atoms with Gasteiger partial charge in [-0.15, -0.1) is 6.42 Å². The van der Waals surface area contributed by atoms with E-state index in [1.165, 1.54) is 31.7 Å². The zero-order chi connectivity index (χ0) is 34.9. The van der Waals surface area contributed by atoms with Gasteiger partial charge in [0, 0.05) is 73.0 Å². The maximum atomic E-state index is 17.7. The quantitative estimate of drug-likeness (QED) is 0.126. The highest BCUT2D eigenvalue weighted by Crippen LogP contribution is 2.47. The van der Waals surface area contributed by atoms with E-state index in [-0.39, 0.29) is 40.0 Å². The molecule has 2 bridgehead atoms. The Balaban J connectivity index is 1.38. The van der Waals surface area contributed by atoms with E-state index < -0.39 is 11.6 Å². The number of terminal acetylenes is 1. The fourth-order valence-corrected chi connectivity index (χ4v) is 9.84. The van der Waals surface area contributed by atoms with Gasteiger partial charge in [0.15, 0.2) is 5.82 Å². The minimum Gasteiger partial charge on any atom is -0.398 e. The van der Waals surface area contributed by atoms with Gasteiger partial charge in [-0.25, -0.2) is 18.7 Å². The lowest BCUT2D eigenvalue weighted by molar-refractivity contribution is 0.177. The fraction of sp³-hybridized carbons (Fsp3) is 0.488. The van der Waals surface area contributed by atoms with Crippen LogP contribution in [0.5, 0.6) is 0 Å². The summed E-state index contributed by atoms with van der Waals surface area (Å²) < 4.78 is 32.9. The maximum absolute atomic E-state index is 17.7. The second kappa shape index (κ2) is 12.6. The number of aryl methyl sites for hydroxylation is 2. The zero-order valence-electron chi connectivity index (χ0n) is 29.7. The second-order valence-electron chi connectivity index (χ2n) is 15.3. The molecule has 0 amide bonds. The molecule has 3 aromatic carbocycles. The van der Waals surface area contributed by atoms with Gasteiger partial charge in [0.1, 0.15) is 23.0 Å². The van der Waals surface area contributed by atoms with E-state index in [0.717, 1.165) is 62.2 Å². The number of aromatic nitrogens is 2. The molecule has 2 N–H and O–H groups in total. The summed E-state index contributed by atoms with van der Waals surface area (Å²) in [6.45, 7) is 10.6. The van der Waals surface area contributed by atoms with Crippen molar-refractivity contribution in [3.63, 3.8) is 0 Å². The molecule has 9 heteroatoms. The number of likely N-dealkylation sites (tertiary alicyclic amines) is 1. The molecule has 2 atom stereocenters. The number of benzene rings is 3. The topological polar surface area (TPSA) is 73.9 Å². The SMILES string of the molecule is C#Cc1c(F)ccc2cc(C)cc(-c3c(N)c(C=NC)c4c(N5C6CCC5CN(C(C)C)C6)nc(CCC56CCCN5CCC6)nc4c3F)c12. The van der Waals surface area contributed by atoms with Gasteiger partial charge in [0.05, 0.1) is 16.6 Å². The fourth-order valence-electron chi connectivity index (χ4n) is 9.84. The third-order valence-electron chi connectivity index (χ3n) is 12.2. The number of rotatable bonds is 7. The molecule has 0 radical (unpaired) electrons. The molecule has 2 unspecified atom stereocenters. The highest BCUT2D eigenvalue weighted by atomic mass is 19.1. The normalized spacial score (nSPS) is 22.1. The van der Waals surface area contributed by atoms with Crippen molar-refractivity contribution >= 4 is 39.4 Å². The second-order valence-corrected chi connectivity index (χ2v) is 15.3. The van der Waals surface area contributed by atoms with Crippen LogP contribution in [-0.2, 0) is 6.42 Å². The molecule has 7 nitrogen and oxygen atoms in total. The van der Waals surface area contributed by atoms with E-state index >= 15 is 8.78 Å². The van der Waals surface area contributed by atoms with Crippen LogP contribution >= 0.6 is 0 Å². The molecular weight excluding hydrogens is 628 g/mol. The van der Waals surface area contributed by atoms with Crippen LogP contribution in [0.15, 0.2) is 29.3 Å². The lowest BCUT2D eigenvalue weighted by atomic mass is 9.88. The van der Waals surface area contributed by atoms with Crippen molar-refractivity contribution in [1.82, 2.24) is 19.8 Å². The van der Waals surface area contributed by atoms with Crippen molar-refractivity contribution in [3.8, 4) is 23.5 Å². The number of halogens is 2. The summed E-state index contributed by atoms with van der Waals surface area (Å²) in [5, 5.41) is 1.77. The number of anilines is 2. The number of fused-ring (bicyclic) bond motifs is 5. The molecule has 0 spiro atoms. The monoisotopic (exact) mass is 675 g/mol. The molecule has 260 valence electrons. The van der Waals surface area contributed by atoms with Crippen LogP contribution in [0.1, 0.15) is 81.3 Å². The van der Waals surface area contributed by atoms with Crippen LogP contribution in [0, 0.1) is 30.9 Å². The van der Waals surface area contributed by atoms with Gasteiger partial charge < -0.3 is 10.6 Å². The van der Waals surface area contributed by atoms with Crippen molar-refractivity contribution in [2.75, 3.05) is 43.9 Å². The highest BCUT2D eigenvalue weighted by molar-refractivity contribution is 6.15. The summed E-state index contributed by atoms with van der Waals surface area (Å²) in [4.78, 5) is 22.5. The molecule has 4 aliphatic heterocycles. The van der Waals surface area contributed by atoms with E-state index in [0.29, 0.717) is 40.2 Å². The van der Waals surface area contributed by atoms with E-state index in [4.69, 9.17) is 22.1 Å². The predicted molar refractivity (Wildman–Crippen MR) is 200 cm³/mol. The minimum atomic E-state index is -0.538. The average molecular weight is 676 g/mol. The largest absolute Gasteiger partial charge is 0.398 e. The van der Waals surface area contributed by atoms with Gasteiger partial charge in [0.25, 0.3) is 0 Å². The van der Waals surface area contributed by atoms with Crippen LogP contribution in [0.25, 0.3) is 32.8 Å². The average Bonchev–Trinajstić information content (AvgIpc) is 3.75. The van der Waals surface area contributed by atoms with Crippen LogP contribution < -0.4 is 10.6 Å². The third-order valence-corrected chi connectivity index (χ3v) is 12.2. The zero-order valence-corrected chi connectivity index (χ0v) is 29.7. The third kappa shape index (κ3) is 5.17. The van der Waals surface area contributed by atoms with Gasteiger partial charge >= 0.3 is 0 Å². The van der Waals surface area contributed by atoms with Crippen molar-refractivity contribution < 1.29 is 8.78 Å². The molecule has 1 aromatic heterocycles. The number of nitrogen functional groups attached to an aromatic ring is 1. The first-order valence-electron chi connectivity index (χ1n) is 18.3. The Hall–Kier alpha value is -4.13. The molecule has 5 heterocycles. The lowest BCUT2D eigenvalue weighted by Gasteiger charge is -2.44. The molecule has 0 saturated carbocycles. The summed E-state index contributed by atoms with van der Waals surface area (Å²) in [5.41, 5.74) is 9.86. The van der Waals surface area contributed by atoms with Crippen LogP contribution in [-0.4, -0.2) is 82.9 Å². The summed E-state index contributed by atoms with van der Waals surface area (Å²) in [7, 11) is 1.69. The summed E-state index contributed by atoms with van der Waals surface area (Å²) in [6, 6.07) is 7.77. The molecular formula is C41H47F2N7. The summed E-state index contributed by atoms with van der Waals surface area (Å²) >= 11 is 0. The highest BCUT2D eigenvalue weighted by Gasteiger charge is 2.45. The first-order chi connectivity index (χ1) is 24.1. The van der Waals surface area contributed by atoms with Crippen molar-refractivity contribution in [3.05, 3.63) is 58.4 Å². The number of piperazine rings is 1. The van der Waals surface area contributed by atoms with E-state index in [2.05, 4.69) is 39.5 Å². The summed E-state index contributed by atoms with van der Waals surface area (Å²) in [5.74, 6) is 2.87. The number of hydrogen-bond donors (Lipinski definition) is 1. The Bertz CT molecular complexity index is 2060. The lowest BCUT2D eigenvalue weighted by Crippen LogP contribution is -2.56. The summed E-state index contributed by atoms with van der Waals surface area (Å²) in [6.07, 6.45) is 16.1. The van der Waals surface area contributed by atoms with E-state index in [9.17, 15) is 0 Å².